The largest absolute Gasteiger partial charge is 0.477 e. The molecule has 0 bridgehead atoms. The lowest BCUT2D eigenvalue weighted by atomic mass is 10.2. The highest BCUT2D eigenvalue weighted by atomic mass is 79.9. The van der Waals surface area contributed by atoms with Crippen LogP contribution < -0.4 is 10.3 Å². The molecule has 47 heavy (non-hydrogen) atoms. The van der Waals surface area contributed by atoms with Crippen LogP contribution in [0.1, 0.15) is 67.2 Å². The fourth-order valence-electron chi connectivity index (χ4n) is 3.67. The molecule has 0 radical (unpaired) electrons. The number of carbonyl (C=O) groups is 2. The molecule has 4 rings (SSSR count). The van der Waals surface area contributed by atoms with Gasteiger partial charge in [-0.2, -0.15) is 0 Å². The number of nitrogens with one attached hydrogen (secondary N) is 1. The number of alkyl halides is 1. The lowest BCUT2D eigenvalue weighted by molar-refractivity contribution is -0.156. The van der Waals surface area contributed by atoms with Crippen LogP contribution in [0.3, 0.4) is 0 Å². The zero-order valence-electron chi connectivity index (χ0n) is 27.6. The van der Waals surface area contributed by atoms with E-state index >= 15 is 0 Å². The second-order valence-corrected chi connectivity index (χ2v) is 13.7. The number of benzene rings is 2. The van der Waals surface area contributed by atoms with E-state index in [9.17, 15) is 14.4 Å². The molecule has 256 valence electrons. The third-order valence-electron chi connectivity index (χ3n) is 5.51. The van der Waals surface area contributed by atoms with E-state index in [-0.39, 0.29) is 23.1 Å². The number of ether oxygens (including phenoxy) is 3. The van der Waals surface area contributed by atoms with Crippen LogP contribution in [0, 0.1) is 0 Å². The first-order valence-corrected chi connectivity index (χ1v) is 16.9. The van der Waals surface area contributed by atoms with Crippen molar-refractivity contribution in [3.05, 3.63) is 93.5 Å². The first-order chi connectivity index (χ1) is 22.1. The highest BCUT2D eigenvalue weighted by Gasteiger charge is 2.16. The minimum Gasteiger partial charge on any atom is -0.477 e. The number of H-pyrrole nitrogens is 1. The van der Waals surface area contributed by atoms with Crippen molar-refractivity contribution in [3.8, 4) is 17.3 Å². The van der Waals surface area contributed by atoms with Gasteiger partial charge >= 0.3 is 11.9 Å². The molecule has 0 aliphatic heterocycles. The maximum absolute atomic E-state index is 11.6. The molecule has 2 aromatic carbocycles. The van der Waals surface area contributed by atoms with E-state index in [1.165, 1.54) is 6.07 Å². The van der Waals surface area contributed by atoms with Gasteiger partial charge in [-0.25, -0.2) is 4.68 Å². The molecular weight excluding hydrogens is 711 g/mol. The summed E-state index contributed by atoms with van der Waals surface area (Å²) >= 11 is 15.3. The van der Waals surface area contributed by atoms with Gasteiger partial charge in [-0.15, -0.1) is 5.10 Å². The van der Waals surface area contributed by atoms with Gasteiger partial charge in [-0.1, -0.05) is 63.4 Å². The minimum atomic E-state index is -0.453. The molecule has 0 fully saturated rings. The predicted octanol–water partition coefficient (Wildman–Crippen LogP) is 8.35. The molecule has 0 spiro atoms. The molecule has 0 saturated heterocycles. The first kappa shape index (κ1) is 39.6. The molecule has 13 heteroatoms. The molecular formula is C34H43BrCl2N4O6. The van der Waals surface area contributed by atoms with Crippen LogP contribution in [0.4, 0.5) is 0 Å². The second-order valence-electron chi connectivity index (χ2n) is 12.1. The highest BCUT2D eigenvalue weighted by Crippen LogP contribution is 2.21. The van der Waals surface area contributed by atoms with Crippen molar-refractivity contribution in [2.45, 2.75) is 78.4 Å². The standard InChI is InChI=1S/C17H21ClN2O3.C9H7ClN2O.C8H15BrO2/c1-17(2,3)23-16(21)9-6-12-22-15-10-11-20(19-15)14-8-5-4-7-13(14)18;10-7-3-1-2-4-8(7)12-6-5-9(13)11-12;1-8(2,3)11-7(10)5-4-6-9/h4-5,7-8,10-11H,6,9,12H2,1-3H3;1-6H,(H,11,13);4-6H2,1-3H3. The summed E-state index contributed by atoms with van der Waals surface area (Å²) in [5.41, 5.74) is 0.624. The first-order valence-electron chi connectivity index (χ1n) is 15.0. The van der Waals surface area contributed by atoms with Crippen molar-refractivity contribution in [2.24, 2.45) is 0 Å². The Morgan fingerprint density at radius 1 is 0.787 bits per heavy atom. The Hall–Kier alpha value is -3.54. The lowest BCUT2D eigenvalue weighted by Gasteiger charge is -2.19. The summed E-state index contributed by atoms with van der Waals surface area (Å²) in [5.74, 6) is 0.161. The zero-order valence-corrected chi connectivity index (χ0v) is 30.7. The fourth-order valence-corrected chi connectivity index (χ4v) is 4.40. The summed E-state index contributed by atoms with van der Waals surface area (Å²) in [6.45, 7) is 11.6. The summed E-state index contributed by atoms with van der Waals surface area (Å²) in [6, 6.07) is 18.0. The number of rotatable bonds is 10. The fraction of sp³-hybridized carbons (Fsp3) is 0.412. The number of para-hydroxylation sites is 2. The van der Waals surface area contributed by atoms with Crippen molar-refractivity contribution in [1.29, 1.82) is 0 Å². The average molecular weight is 755 g/mol. The third kappa shape index (κ3) is 16.2. The molecule has 10 nitrogen and oxygen atoms in total. The normalized spacial score (nSPS) is 11.0. The van der Waals surface area contributed by atoms with Crippen LogP contribution in [-0.4, -0.2) is 54.6 Å². The van der Waals surface area contributed by atoms with Gasteiger partial charge in [0.2, 0.25) is 5.88 Å². The van der Waals surface area contributed by atoms with Gasteiger partial charge in [-0.3, -0.25) is 24.2 Å². The number of hydrogen-bond donors (Lipinski definition) is 1. The van der Waals surface area contributed by atoms with E-state index in [0.717, 1.165) is 23.1 Å². The van der Waals surface area contributed by atoms with Crippen LogP contribution >= 0.6 is 39.1 Å². The SMILES string of the molecule is CC(C)(C)OC(=O)CCCBr.CC(C)(C)OC(=O)CCCOc1ccn(-c2ccccc2Cl)n1.O=c1ccn(-c2ccccc2Cl)[nH]1. The van der Waals surface area contributed by atoms with Crippen LogP contribution in [-0.2, 0) is 19.1 Å². The molecule has 0 saturated carbocycles. The van der Waals surface area contributed by atoms with Gasteiger partial charge in [0, 0.05) is 42.7 Å². The van der Waals surface area contributed by atoms with Gasteiger partial charge in [0.25, 0.3) is 5.56 Å². The number of hydrogen-bond acceptors (Lipinski definition) is 7. The zero-order chi connectivity index (χ0) is 35.0. The summed E-state index contributed by atoms with van der Waals surface area (Å²) < 4.78 is 19.1. The Labute approximate surface area is 294 Å². The Bertz CT molecular complexity index is 1600. The molecule has 2 heterocycles. The van der Waals surface area contributed by atoms with Crippen LogP contribution in [0.5, 0.6) is 5.88 Å². The number of nitrogens with zero attached hydrogens (tertiary/aromatic N) is 3. The van der Waals surface area contributed by atoms with Crippen molar-refractivity contribution in [3.63, 3.8) is 0 Å². The van der Waals surface area contributed by atoms with Gasteiger partial charge in [-0.05, 0) is 78.6 Å². The number of esters is 2. The van der Waals surface area contributed by atoms with Crippen LogP contribution in [0.15, 0.2) is 77.9 Å². The Kier molecular flexibility index (Phi) is 16.3. The van der Waals surface area contributed by atoms with Crippen LogP contribution in [0.2, 0.25) is 10.0 Å². The van der Waals surface area contributed by atoms with Gasteiger partial charge in [0.1, 0.15) is 11.2 Å². The third-order valence-corrected chi connectivity index (χ3v) is 6.71. The van der Waals surface area contributed by atoms with Crippen molar-refractivity contribution in [1.82, 2.24) is 19.6 Å². The van der Waals surface area contributed by atoms with E-state index in [2.05, 4.69) is 26.1 Å². The maximum Gasteiger partial charge on any atom is 0.306 e. The van der Waals surface area contributed by atoms with Gasteiger partial charge in [0.15, 0.2) is 0 Å². The van der Waals surface area contributed by atoms with Gasteiger partial charge < -0.3 is 14.2 Å². The van der Waals surface area contributed by atoms with Crippen molar-refractivity contribution in [2.75, 3.05) is 11.9 Å². The highest BCUT2D eigenvalue weighted by molar-refractivity contribution is 9.09. The quantitative estimate of drug-likeness (QED) is 0.0983. The van der Waals surface area contributed by atoms with E-state index in [1.807, 2.05) is 77.9 Å². The van der Waals surface area contributed by atoms with E-state index < -0.39 is 5.60 Å². The second kappa shape index (κ2) is 19.3. The minimum absolute atomic E-state index is 0.114. The summed E-state index contributed by atoms with van der Waals surface area (Å²) in [7, 11) is 0. The molecule has 4 aromatic rings. The topological polar surface area (TPSA) is 117 Å². The summed E-state index contributed by atoms with van der Waals surface area (Å²) in [6.07, 6.45) is 5.67. The molecule has 1 N–H and O–H groups in total. The average Bonchev–Trinajstić information content (AvgIpc) is 3.63. The molecule has 0 atom stereocenters. The van der Waals surface area contributed by atoms with E-state index in [1.54, 1.807) is 40.0 Å². The maximum atomic E-state index is 11.6. The number of halogens is 3. The molecule has 0 unspecified atom stereocenters. The van der Waals surface area contributed by atoms with E-state index in [4.69, 9.17) is 37.4 Å². The number of carbonyl (C=O) groups excluding carboxylic acids is 2. The lowest BCUT2D eigenvalue weighted by Crippen LogP contribution is -2.23. The molecule has 0 aliphatic rings. The Balaban J connectivity index is 0.000000270. The van der Waals surface area contributed by atoms with Crippen LogP contribution in [0.25, 0.3) is 11.4 Å². The Morgan fingerprint density at radius 2 is 1.32 bits per heavy atom. The van der Waals surface area contributed by atoms with Gasteiger partial charge in [0.05, 0.1) is 28.0 Å². The van der Waals surface area contributed by atoms with Crippen molar-refractivity contribution < 1.29 is 23.8 Å². The van der Waals surface area contributed by atoms with Crippen molar-refractivity contribution >= 4 is 51.1 Å². The monoisotopic (exact) mass is 752 g/mol. The summed E-state index contributed by atoms with van der Waals surface area (Å²) in [5, 5.41) is 9.00. The summed E-state index contributed by atoms with van der Waals surface area (Å²) in [4.78, 5) is 33.4. The molecule has 2 aromatic heterocycles. The number of aromatic nitrogens is 4. The van der Waals surface area contributed by atoms with E-state index in [0.29, 0.717) is 41.8 Å². The molecule has 0 aliphatic carbocycles. The Morgan fingerprint density at radius 3 is 1.81 bits per heavy atom. The number of aromatic amines is 1. The molecule has 0 amide bonds. The smallest absolute Gasteiger partial charge is 0.306 e. The predicted molar refractivity (Wildman–Crippen MR) is 189 cm³/mol.